The molecular formula is C13H22O4. The van der Waals surface area contributed by atoms with Gasteiger partial charge in [0.2, 0.25) is 0 Å². The Kier molecular flexibility index (Phi) is 5.45. The Morgan fingerprint density at radius 3 is 1.71 bits per heavy atom. The van der Waals surface area contributed by atoms with E-state index in [9.17, 15) is 9.59 Å². The van der Waals surface area contributed by atoms with E-state index in [2.05, 4.69) is 0 Å². The highest BCUT2D eigenvalue weighted by molar-refractivity contribution is 6.00. The number of hydrogen-bond donors (Lipinski definition) is 0. The number of esters is 2. The van der Waals surface area contributed by atoms with Gasteiger partial charge < -0.3 is 9.47 Å². The highest BCUT2D eigenvalue weighted by atomic mass is 16.6. The second-order valence-electron chi connectivity index (χ2n) is 4.56. The van der Waals surface area contributed by atoms with Gasteiger partial charge in [0, 0.05) is 0 Å². The minimum absolute atomic E-state index is 0.377. The molecular weight excluding hydrogens is 220 g/mol. The van der Waals surface area contributed by atoms with Crippen molar-refractivity contribution in [2.24, 2.45) is 5.41 Å². The van der Waals surface area contributed by atoms with E-state index >= 15 is 0 Å². The highest BCUT2D eigenvalue weighted by Crippen LogP contribution is 2.40. The van der Waals surface area contributed by atoms with Crippen molar-refractivity contribution in [3.8, 4) is 0 Å². The molecule has 0 unspecified atom stereocenters. The molecule has 1 aliphatic rings. The second-order valence-corrected chi connectivity index (χ2v) is 4.56. The molecule has 0 amide bonds. The van der Waals surface area contributed by atoms with Crippen LogP contribution in [0.1, 0.15) is 52.4 Å². The van der Waals surface area contributed by atoms with Gasteiger partial charge in [-0.05, 0) is 25.7 Å². The molecule has 0 aromatic rings. The van der Waals surface area contributed by atoms with E-state index in [1.54, 1.807) is 0 Å². The Morgan fingerprint density at radius 1 is 0.941 bits per heavy atom. The Labute approximate surface area is 103 Å². The van der Waals surface area contributed by atoms with Crippen LogP contribution in [0, 0.1) is 5.41 Å². The third kappa shape index (κ3) is 3.20. The summed E-state index contributed by atoms with van der Waals surface area (Å²) in [6.45, 7) is 4.62. The topological polar surface area (TPSA) is 52.6 Å². The maximum Gasteiger partial charge on any atom is 0.323 e. The third-order valence-electron chi connectivity index (χ3n) is 3.11. The average Bonchev–Trinajstić information content (AvgIpc) is 2.83. The quantitative estimate of drug-likeness (QED) is 0.530. The fourth-order valence-electron chi connectivity index (χ4n) is 2.14. The van der Waals surface area contributed by atoms with Crippen LogP contribution < -0.4 is 0 Å². The summed E-state index contributed by atoms with van der Waals surface area (Å²) in [7, 11) is 0. The summed E-state index contributed by atoms with van der Waals surface area (Å²) in [6, 6.07) is 0. The second kappa shape index (κ2) is 6.62. The maximum absolute atomic E-state index is 12.0. The van der Waals surface area contributed by atoms with E-state index < -0.39 is 17.4 Å². The van der Waals surface area contributed by atoms with Crippen LogP contribution in [0.4, 0.5) is 0 Å². The molecule has 4 nitrogen and oxygen atoms in total. The standard InChI is InChI=1S/C13H22O4/c1-3-9-16-11(14)13(7-5-6-8-13)12(15)17-10-4-2/h3-10H2,1-2H3. The van der Waals surface area contributed by atoms with Gasteiger partial charge in [-0.2, -0.15) is 0 Å². The molecule has 0 atom stereocenters. The zero-order valence-corrected chi connectivity index (χ0v) is 10.8. The molecule has 1 rings (SSSR count). The SMILES string of the molecule is CCCOC(=O)C1(C(=O)OCCC)CCCC1. The first-order chi connectivity index (χ1) is 8.17. The van der Waals surface area contributed by atoms with Gasteiger partial charge in [-0.1, -0.05) is 26.7 Å². The molecule has 1 aliphatic carbocycles. The Bertz CT molecular complexity index is 245. The zero-order chi connectivity index (χ0) is 12.7. The fraction of sp³-hybridized carbons (Fsp3) is 0.846. The number of hydrogen-bond acceptors (Lipinski definition) is 4. The molecule has 0 aromatic carbocycles. The van der Waals surface area contributed by atoms with Gasteiger partial charge in [0.05, 0.1) is 13.2 Å². The summed E-state index contributed by atoms with van der Waals surface area (Å²) in [5.41, 5.74) is -1.01. The Hall–Kier alpha value is -1.06. The molecule has 0 heterocycles. The number of rotatable bonds is 6. The molecule has 17 heavy (non-hydrogen) atoms. The van der Waals surface area contributed by atoms with E-state index in [1.807, 2.05) is 13.8 Å². The average molecular weight is 242 g/mol. The van der Waals surface area contributed by atoms with E-state index in [4.69, 9.17) is 9.47 Å². The monoisotopic (exact) mass is 242 g/mol. The minimum Gasteiger partial charge on any atom is -0.465 e. The molecule has 0 aromatic heterocycles. The lowest BCUT2D eigenvalue weighted by Gasteiger charge is -2.24. The van der Waals surface area contributed by atoms with Gasteiger partial charge in [-0.25, -0.2) is 0 Å². The van der Waals surface area contributed by atoms with Crippen LogP contribution >= 0.6 is 0 Å². The summed E-state index contributed by atoms with van der Waals surface area (Å²) >= 11 is 0. The smallest absolute Gasteiger partial charge is 0.323 e. The van der Waals surface area contributed by atoms with Crippen LogP contribution in [0.15, 0.2) is 0 Å². The Morgan fingerprint density at radius 2 is 1.35 bits per heavy atom. The zero-order valence-electron chi connectivity index (χ0n) is 10.8. The minimum atomic E-state index is -1.01. The van der Waals surface area contributed by atoms with Crippen LogP contribution in [0.5, 0.6) is 0 Å². The van der Waals surface area contributed by atoms with Gasteiger partial charge in [0.1, 0.15) is 0 Å². The van der Waals surface area contributed by atoms with Crippen LogP contribution in [-0.4, -0.2) is 25.2 Å². The van der Waals surface area contributed by atoms with Gasteiger partial charge in [-0.15, -0.1) is 0 Å². The first kappa shape index (κ1) is 14.0. The van der Waals surface area contributed by atoms with E-state index in [0.29, 0.717) is 26.1 Å². The van der Waals surface area contributed by atoms with Crippen molar-refractivity contribution in [2.45, 2.75) is 52.4 Å². The normalized spacial score (nSPS) is 17.8. The molecule has 0 spiro atoms. The first-order valence-electron chi connectivity index (χ1n) is 6.52. The van der Waals surface area contributed by atoms with Crippen molar-refractivity contribution < 1.29 is 19.1 Å². The molecule has 4 heteroatoms. The van der Waals surface area contributed by atoms with Crippen molar-refractivity contribution in [1.29, 1.82) is 0 Å². The van der Waals surface area contributed by atoms with Crippen LogP contribution in [0.3, 0.4) is 0 Å². The lowest BCUT2D eigenvalue weighted by Crippen LogP contribution is -2.40. The number of carbonyl (C=O) groups is 2. The predicted octanol–water partition coefficient (Wildman–Crippen LogP) is 2.45. The number of ether oxygens (including phenoxy) is 2. The molecule has 0 aliphatic heterocycles. The molecule has 0 N–H and O–H groups in total. The van der Waals surface area contributed by atoms with Crippen molar-refractivity contribution in [1.82, 2.24) is 0 Å². The molecule has 0 radical (unpaired) electrons. The fourth-order valence-corrected chi connectivity index (χ4v) is 2.14. The molecule has 0 bridgehead atoms. The van der Waals surface area contributed by atoms with Gasteiger partial charge in [0.15, 0.2) is 5.41 Å². The molecule has 0 saturated heterocycles. The van der Waals surface area contributed by atoms with E-state index in [1.165, 1.54) is 0 Å². The summed E-state index contributed by atoms with van der Waals surface area (Å²) in [4.78, 5) is 24.0. The molecule has 98 valence electrons. The summed E-state index contributed by atoms with van der Waals surface area (Å²) < 4.78 is 10.3. The van der Waals surface area contributed by atoms with E-state index in [-0.39, 0.29) is 0 Å². The van der Waals surface area contributed by atoms with Crippen molar-refractivity contribution in [3.63, 3.8) is 0 Å². The third-order valence-corrected chi connectivity index (χ3v) is 3.11. The van der Waals surface area contributed by atoms with Crippen LogP contribution in [0.2, 0.25) is 0 Å². The summed E-state index contributed by atoms with van der Waals surface area (Å²) in [5.74, 6) is -0.782. The van der Waals surface area contributed by atoms with Crippen LogP contribution in [-0.2, 0) is 19.1 Å². The van der Waals surface area contributed by atoms with E-state index in [0.717, 1.165) is 25.7 Å². The molecule has 1 fully saturated rings. The highest BCUT2D eigenvalue weighted by Gasteiger charge is 2.50. The molecule has 1 saturated carbocycles. The van der Waals surface area contributed by atoms with Crippen LogP contribution in [0.25, 0.3) is 0 Å². The Balaban J connectivity index is 2.67. The summed E-state index contributed by atoms with van der Waals surface area (Å²) in [5, 5.41) is 0. The number of carbonyl (C=O) groups excluding carboxylic acids is 2. The van der Waals surface area contributed by atoms with Crippen molar-refractivity contribution in [2.75, 3.05) is 13.2 Å². The van der Waals surface area contributed by atoms with Crippen molar-refractivity contribution >= 4 is 11.9 Å². The lowest BCUT2D eigenvalue weighted by molar-refractivity contribution is -0.172. The predicted molar refractivity (Wildman–Crippen MR) is 63.4 cm³/mol. The van der Waals surface area contributed by atoms with Gasteiger partial charge in [0.25, 0.3) is 0 Å². The van der Waals surface area contributed by atoms with Crippen molar-refractivity contribution in [3.05, 3.63) is 0 Å². The maximum atomic E-state index is 12.0. The summed E-state index contributed by atoms with van der Waals surface area (Å²) in [6.07, 6.45) is 4.46. The van der Waals surface area contributed by atoms with Gasteiger partial charge in [-0.3, -0.25) is 9.59 Å². The lowest BCUT2D eigenvalue weighted by atomic mass is 9.86. The first-order valence-corrected chi connectivity index (χ1v) is 6.52. The van der Waals surface area contributed by atoms with Gasteiger partial charge >= 0.3 is 11.9 Å². The largest absolute Gasteiger partial charge is 0.465 e.